The minimum Gasteiger partial charge on any atom is -0.447 e. The van der Waals surface area contributed by atoms with Crippen LogP contribution in [0.2, 0.25) is 0 Å². The quantitative estimate of drug-likeness (QED) is 0.721. The van der Waals surface area contributed by atoms with Crippen molar-refractivity contribution >= 4 is 23.2 Å². The fourth-order valence-corrected chi connectivity index (χ4v) is 2.31. The van der Waals surface area contributed by atoms with Crippen molar-refractivity contribution in [3.63, 3.8) is 0 Å². The van der Waals surface area contributed by atoms with E-state index < -0.39 is 6.36 Å². The zero-order chi connectivity index (χ0) is 16.2. The molecule has 0 saturated carbocycles. The molecule has 0 unspecified atom stereocenters. The van der Waals surface area contributed by atoms with Crippen molar-refractivity contribution in [1.29, 1.82) is 0 Å². The predicted molar refractivity (Wildman–Crippen MR) is 77.2 cm³/mol. The second kappa shape index (κ2) is 6.65. The summed E-state index contributed by atoms with van der Waals surface area (Å²) in [4.78, 5) is 11.6. The van der Waals surface area contributed by atoms with Crippen LogP contribution in [-0.4, -0.2) is 12.1 Å². The molecule has 2 rings (SSSR count). The maximum absolute atomic E-state index is 12.2. The summed E-state index contributed by atoms with van der Waals surface area (Å²) in [5.41, 5.74) is 0. The first-order valence-corrected chi connectivity index (χ1v) is 6.96. The number of ketones is 1. The summed E-state index contributed by atoms with van der Waals surface area (Å²) in [6.45, 7) is 1.44. The summed E-state index contributed by atoms with van der Waals surface area (Å²) in [6, 6.07) is 8.68. The van der Waals surface area contributed by atoms with Crippen molar-refractivity contribution < 1.29 is 27.4 Å². The predicted octanol–water partition coefficient (Wildman–Crippen LogP) is 5.04. The van der Waals surface area contributed by atoms with Gasteiger partial charge in [-0.2, -0.15) is 0 Å². The van der Waals surface area contributed by atoms with E-state index in [2.05, 4.69) is 4.74 Å². The molecule has 116 valence electrons. The fraction of sp³-hybridized carbons (Fsp3) is 0.133. The number of alkyl halides is 3. The Labute approximate surface area is 128 Å². The van der Waals surface area contributed by atoms with Crippen molar-refractivity contribution in [2.75, 3.05) is 0 Å². The Morgan fingerprint density at radius 2 is 1.91 bits per heavy atom. The average Bonchev–Trinajstić information content (AvgIpc) is 2.82. The van der Waals surface area contributed by atoms with Crippen LogP contribution >= 0.6 is 11.3 Å². The average molecular weight is 328 g/mol. The highest BCUT2D eigenvalue weighted by Gasteiger charge is 2.31. The highest BCUT2D eigenvalue weighted by molar-refractivity contribution is 7.14. The molecule has 0 spiro atoms. The number of halogens is 3. The summed E-state index contributed by atoms with van der Waals surface area (Å²) < 4.78 is 45.8. The molecule has 0 aliphatic carbocycles. The molecule has 0 bridgehead atoms. The topological polar surface area (TPSA) is 35.5 Å². The fourth-order valence-electron chi connectivity index (χ4n) is 1.53. The molecule has 1 aromatic heterocycles. The molecule has 22 heavy (non-hydrogen) atoms. The van der Waals surface area contributed by atoms with Crippen molar-refractivity contribution in [3.8, 4) is 16.6 Å². The first-order chi connectivity index (χ1) is 10.3. The van der Waals surface area contributed by atoms with E-state index in [1.54, 1.807) is 18.2 Å². The minimum atomic E-state index is -4.74. The molecule has 3 nitrogen and oxygen atoms in total. The second-order valence-electron chi connectivity index (χ2n) is 4.23. The maximum Gasteiger partial charge on any atom is 0.573 e. The van der Waals surface area contributed by atoms with Gasteiger partial charge in [0.15, 0.2) is 10.8 Å². The van der Waals surface area contributed by atoms with Gasteiger partial charge in [0, 0.05) is 10.9 Å². The number of allylic oxidation sites excluding steroid dienone is 1. The Hall–Kier alpha value is -2.28. The highest BCUT2D eigenvalue weighted by Crippen LogP contribution is 2.32. The van der Waals surface area contributed by atoms with Crippen molar-refractivity contribution in [1.82, 2.24) is 0 Å². The van der Waals surface area contributed by atoms with Gasteiger partial charge < -0.3 is 9.47 Å². The third-order valence-corrected chi connectivity index (χ3v) is 3.27. The number of rotatable bonds is 5. The zero-order valence-corrected chi connectivity index (χ0v) is 12.2. The van der Waals surface area contributed by atoms with Crippen molar-refractivity contribution in [3.05, 3.63) is 47.4 Å². The van der Waals surface area contributed by atoms with E-state index in [0.29, 0.717) is 5.06 Å². The standard InChI is InChI=1S/C15H11F3O3S/c1-10(19)5-6-13-7-8-14(22-13)20-11-3-2-4-12(9-11)21-15(16,17)18/h2-9H,1H3/b6-5+. The molecule has 0 N–H and O–H groups in total. The molecular formula is C15H11F3O3S. The lowest BCUT2D eigenvalue weighted by Gasteiger charge is -2.09. The van der Waals surface area contributed by atoms with Crippen LogP contribution in [0.4, 0.5) is 13.2 Å². The molecule has 0 aliphatic heterocycles. The zero-order valence-electron chi connectivity index (χ0n) is 11.4. The van der Waals surface area contributed by atoms with E-state index in [4.69, 9.17) is 4.74 Å². The monoisotopic (exact) mass is 328 g/mol. The third-order valence-electron chi connectivity index (χ3n) is 2.34. The normalized spacial score (nSPS) is 11.6. The molecule has 1 aromatic carbocycles. The number of hydrogen-bond donors (Lipinski definition) is 0. The van der Waals surface area contributed by atoms with Crippen LogP contribution in [0, 0.1) is 0 Å². The summed E-state index contributed by atoms with van der Waals surface area (Å²) in [7, 11) is 0. The molecular weight excluding hydrogens is 317 g/mol. The molecule has 2 aromatic rings. The first kappa shape index (κ1) is 16.1. The van der Waals surface area contributed by atoms with Gasteiger partial charge in [-0.25, -0.2) is 0 Å². The lowest BCUT2D eigenvalue weighted by atomic mass is 10.3. The molecule has 0 saturated heterocycles. The third kappa shape index (κ3) is 5.25. The lowest BCUT2D eigenvalue weighted by Crippen LogP contribution is -2.16. The van der Waals surface area contributed by atoms with Crippen molar-refractivity contribution in [2.24, 2.45) is 0 Å². The van der Waals surface area contributed by atoms with Crippen LogP contribution in [0.15, 0.2) is 42.5 Å². The summed E-state index contributed by atoms with van der Waals surface area (Å²) in [6.07, 6.45) is -1.68. The van der Waals surface area contributed by atoms with Crippen LogP contribution in [0.3, 0.4) is 0 Å². The Morgan fingerprint density at radius 1 is 1.18 bits per heavy atom. The van der Waals surface area contributed by atoms with Crippen LogP contribution in [0.1, 0.15) is 11.8 Å². The Kier molecular flexibility index (Phi) is 4.87. The Morgan fingerprint density at radius 3 is 2.59 bits per heavy atom. The van der Waals surface area contributed by atoms with E-state index in [-0.39, 0.29) is 17.3 Å². The van der Waals surface area contributed by atoms with E-state index in [1.807, 2.05) is 0 Å². The number of carbonyl (C=O) groups excluding carboxylic acids is 1. The minimum absolute atomic E-state index is 0.0760. The maximum atomic E-state index is 12.2. The SMILES string of the molecule is CC(=O)/C=C/c1ccc(Oc2cccc(OC(F)(F)F)c2)s1. The molecule has 7 heteroatoms. The largest absolute Gasteiger partial charge is 0.573 e. The van der Waals surface area contributed by atoms with Gasteiger partial charge in [0.1, 0.15) is 11.5 Å². The van der Waals surface area contributed by atoms with Gasteiger partial charge in [0.05, 0.1) is 0 Å². The van der Waals surface area contributed by atoms with E-state index >= 15 is 0 Å². The summed E-state index contributed by atoms with van der Waals surface area (Å²) in [5.74, 6) is -0.197. The van der Waals surface area contributed by atoms with Gasteiger partial charge in [0.25, 0.3) is 0 Å². The molecule has 1 heterocycles. The smallest absolute Gasteiger partial charge is 0.447 e. The molecule has 0 fully saturated rings. The van der Waals surface area contributed by atoms with Crippen LogP contribution in [0.25, 0.3) is 6.08 Å². The lowest BCUT2D eigenvalue weighted by molar-refractivity contribution is -0.274. The Bertz CT molecular complexity index is 689. The van der Waals surface area contributed by atoms with Crippen LogP contribution in [0.5, 0.6) is 16.6 Å². The van der Waals surface area contributed by atoms with Crippen LogP contribution in [-0.2, 0) is 4.79 Å². The number of benzene rings is 1. The molecule has 0 radical (unpaired) electrons. The number of thiophene rings is 1. The van der Waals surface area contributed by atoms with E-state index in [9.17, 15) is 18.0 Å². The number of hydrogen-bond acceptors (Lipinski definition) is 4. The summed E-state index contributed by atoms with van der Waals surface area (Å²) >= 11 is 1.26. The van der Waals surface area contributed by atoms with Gasteiger partial charge >= 0.3 is 6.36 Å². The first-order valence-electron chi connectivity index (χ1n) is 6.14. The van der Waals surface area contributed by atoms with Gasteiger partial charge in [0.2, 0.25) is 0 Å². The van der Waals surface area contributed by atoms with Gasteiger partial charge in [-0.15, -0.1) is 13.2 Å². The van der Waals surface area contributed by atoms with Gasteiger partial charge in [-0.3, -0.25) is 4.79 Å². The molecule has 0 amide bonds. The highest BCUT2D eigenvalue weighted by atomic mass is 32.1. The summed E-state index contributed by atoms with van der Waals surface area (Å²) in [5, 5.41) is 0.493. The van der Waals surface area contributed by atoms with Gasteiger partial charge in [-0.1, -0.05) is 17.4 Å². The Balaban J connectivity index is 2.08. The van der Waals surface area contributed by atoms with E-state index in [0.717, 1.165) is 10.9 Å². The number of ether oxygens (including phenoxy) is 2. The van der Waals surface area contributed by atoms with E-state index in [1.165, 1.54) is 42.5 Å². The molecule has 0 atom stereocenters. The second-order valence-corrected chi connectivity index (χ2v) is 5.30. The van der Waals surface area contributed by atoms with Crippen LogP contribution < -0.4 is 9.47 Å². The number of carbonyl (C=O) groups is 1. The van der Waals surface area contributed by atoms with Crippen molar-refractivity contribution in [2.45, 2.75) is 13.3 Å². The van der Waals surface area contributed by atoms with Gasteiger partial charge in [-0.05, 0) is 43.3 Å². The molecule has 0 aliphatic rings.